The lowest BCUT2D eigenvalue weighted by molar-refractivity contribution is 0.0417. The lowest BCUT2D eigenvalue weighted by atomic mass is 9.91. The van der Waals surface area contributed by atoms with Crippen molar-refractivity contribution >= 4 is 27.3 Å². The minimum atomic E-state index is 0.294. The third-order valence-corrected chi connectivity index (χ3v) is 5.88. The van der Waals surface area contributed by atoms with Gasteiger partial charge in [-0.25, -0.2) is 0 Å². The minimum absolute atomic E-state index is 0.294. The Morgan fingerprint density at radius 1 is 1.56 bits per heavy atom. The van der Waals surface area contributed by atoms with E-state index in [9.17, 15) is 0 Å². The Morgan fingerprint density at radius 3 is 2.89 bits per heavy atom. The summed E-state index contributed by atoms with van der Waals surface area (Å²) in [6, 6.07) is 2.90. The van der Waals surface area contributed by atoms with Gasteiger partial charge in [0.15, 0.2) is 0 Å². The van der Waals surface area contributed by atoms with Gasteiger partial charge in [0.05, 0.1) is 0 Å². The molecule has 2 nitrogen and oxygen atoms in total. The van der Waals surface area contributed by atoms with Crippen molar-refractivity contribution in [3.8, 4) is 0 Å². The first-order valence-corrected chi connectivity index (χ1v) is 8.46. The summed E-state index contributed by atoms with van der Waals surface area (Å²) in [5.41, 5.74) is 0.294. The van der Waals surface area contributed by atoms with Gasteiger partial charge in [0.2, 0.25) is 0 Å². The molecule has 0 amide bonds. The molecule has 0 spiro atoms. The molecular weight excluding hydrogens is 308 g/mol. The van der Waals surface area contributed by atoms with Gasteiger partial charge in [0, 0.05) is 45.9 Å². The first-order valence-electron chi connectivity index (χ1n) is 6.78. The van der Waals surface area contributed by atoms with Crippen molar-refractivity contribution in [2.75, 3.05) is 13.1 Å². The van der Waals surface area contributed by atoms with Gasteiger partial charge in [-0.2, -0.15) is 0 Å². The maximum Gasteiger partial charge on any atom is 0.0334 e. The van der Waals surface area contributed by atoms with Gasteiger partial charge in [0.25, 0.3) is 0 Å². The second-order valence-electron chi connectivity index (χ2n) is 5.45. The number of rotatable bonds is 4. The largest absolute Gasteiger partial charge is 0.311 e. The molecule has 2 unspecified atom stereocenters. The van der Waals surface area contributed by atoms with Crippen LogP contribution in [0.2, 0.25) is 0 Å². The van der Waals surface area contributed by atoms with Crippen LogP contribution in [0.4, 0.5) is 0 Å². The summed E-state index contributed by atoms with van der Waals surface area (Å²) in [5, 5.41) is 5.86. The molecule has 1 aliphatic rings. The average Bonchev–Trinajstić information content (AvgIpc) is 2.78. The molecule has 1 aromatic heterocycles. The quantitative estimate of drug-likeness (QED) is 0.901. The molecule has 1 fully saturated rings. The molecule has 2 atom stereocenters. The highest BCUT2D eigenvalue weighted by Gasteiger charge is 2.35. The molecule has 1 aliphatic heterocycles. The van der Waals surface area contributed by atoms with Crippen molar-refractivity contribution in [2.24, 2.45) is 0 Å². The number of halogens is 1. The Hall–Kier alpha value is 0.1000. The van der Waals surface area contributed by atoms with E-state index < -0.39 is 0 Å². The van der Waals surface area contributed by atoms with E-state index >= 15 is 0 Å². The van der Waals surface area contributed by atoms with Crippen LogP contribution in [0.25, 0.3) is 0 Å². The van der Waals surface area contributed by atoms with E-state index in [4.69, 9.17) is 0 Å². The number of thiophene rings is 1. The van der Waals surface area contributed by atoms with Crippen LogP contribution in [-0.2, 0) is 6.54 Å². The fourth-order valence-electron chi connectivity index (χ4n) is 2.53. The number of nitrogens with zero attached hydrogens (tertiary/aromatic N) is 1. The highest BCUT2D eigenvalue weighted by molar-refractivity contribution is 9.10. The van der Waals surface area contributed by atoms with Crippen LogP contribution in [0.1, 0.15) is 38.5 Å². The van der Waals surface area contributed by atoms with E-state index in [-0.39, 0.29) is 0 Å². The van der Waals surface area contributed by atoms with Crippen LogP contribution in [0, 0.1) is 0 Å². The SMILES string of the molecule is CCC1CN(Cc2cc(Br)cs2)C(C)(CC)CN1. The molecule has 18 heavy (non-hydrogen) atoms. The molecule has 0 aliphatic carbocycles. The third-order valence-electron chi connectivity index (χ3n) is 4.20. The summed E-state index contributed by atoms with van der Waals surface area (Å²) in [7, 11) is 0. The Kier molecular flexibility index (Phi) is 4.86. The van der Waals surface area contributed by atoms with Crippen molar-refractivity contribution in [2.45, 2.75) is 51.7 Å². The molecule has 2 heterocycles. The first-order chi connectivity index (χ1) is 8.57. The van der Waals surface area contributed by atoms with Gasteiger partial charge in [-0.05, 0) is 41.8 Å². The zero-order chi connectivity index (χ0) is 13.2. The van der Waals surface area contributed by atoms with Gasteiger partial charge < -0.3 is 5.32 Å². The molecule has 0 saturated carbocycles. The molecule has 0 radical (unpaired) electrons. The van der Waals surface area contributed by atoms with E-state index in [1.165, 1.54) is 22.2 Å². The second kappa shape index (κ2) is 6.04. The fourth-order valence-corrected chi connectivity index (χ4v) is 3.99. The lowest BCUT2D eigenvalue weighted by Crippen LogP contribution is -2.62. The molecule has 1 N–H and O–H groups in total. The average molecular weight is 331 g/mol. The van der Waals surface area contributed by atoms with Crippen LogP contribution >= 0.6 is 27.3 Å². The van der Waals surface area contributed by atoms with Crippen molar-refractivity contribution in [1.29, 1.82) is 0 Å². The predicted molar refractivity (Wildman–Crippen MR) is 83.2 cm³/mol. The van der Waals surface area contributed by atoms with Crippen LogP contribution in [-0.4, -0.2) is 29.6 Å². The zero-order valence-electron chi connectivity index (χ0n) is 11.5. The van der Waals surface area contributed by atoms with Crippen LogP contribution in [0.15, 0.2) is 15.9 Å². The van der Waals surface area contributed by atoms with E-state index in [1.54, 1.807) is 0 Å². The molecule has 1 aromatic rings. The number of hydrogen-bond donors (Lipinski definition) is 1. The first kappa shape index (κ1) is 14.5. The van der Waals surface area contributed by atoms with Crippen molar-refractivity contribution in [3.05, 3.63) is 20.8 Å². The van der Waals surface area contributed by atoms with Crippen LogP contribution < -0.4 is 5.32 Å². The second-order valence-corrected chi connectivity index (χ2v) is 7.36. The summed E-state index contributed by atoms with van der Waals surface area (Å²) in [4.78, 5) is 4.12. The Labute approximate surface area is 123 Å². The summed E-state index contributed by atoms with van der Waals surface area (Å²) >= 11 is 5.40. The predicted octanol–water partition coefficient (Wildman–Crippen LogP) is 3.86. The maximum atomic E-state index is 3.68. The smallest absolute Gasteiger partial charge is 0.0334 e. The normalized spacial score (nSPS) is 29.7. The molecule has 4 heteroatoms. The summed E-state index contributed by atoms with van der Waals surface area (Å²) in [6.07, 6.45) is 2.41. The molecular formula is C14H23BrN2S. The van der Waals surface area contributed by atoms with E-state index in [0.717, 1.165) is 19.6 Å². The Morgan fingerprint density at radius 2 is 2.33 bits per heavy atom. The number of piperazine rings is 1. The number of hydrogen-bond acceptors (Lipinski definition) is 3. The van der Waals surface area contributed by atoms with Gasteiger partial charge >= 0.3 is 0 Å². The van der Waals surface area contributed by atoms with Crippen molar-refractivity contribution in [3.63, 3.8) is 0 Å². The maximum absolute atomic E-state index is 3.68. The monoisotopic (exact) mass is 330 g/mol. The topological polar surface area (TPSA) is 15.3 Å². The van der Waals surface area contributed by atoms with Crippen LogP contribution in [0.5, 0.6) is 0 Å². The van der Waals surface area contributed by atoms with E-state index in [0.29, 0.717) is 11.6 Å². The van der Waals surface area contributed by atoms with E-state index in [1.807, 2.05) is 11.3 Å². The third kappa shape index (κ3) is 3.16. The standard InChI is InChI=1S/C14H23BrN2S/c1-4-12-7-17(14(3,5-2)10-16-12)8-13-6-11(15)9-18-13/h6,9,12,16H,4-5,7-8,10H2,1-3H3. The minimum Gasteiger partial charge on any atom is -0.311 e. The molecule has 2 rings (SSSR count). The lowest BCUT2D eigenvalue weighted by Gasteiger charge is -2.47. The van der Waals surface area contributed by atoms with Gasteiger partial charge in [0.1, 0.15) is 0 Å². The molecule has 102 valence electrons. The molecule has 0 aromatic carbocycles. The summed E-state index contributed by atoms with van der Waals surface area (Å²) in [6.45, 7) is 10.3. The Bertz CT molecular complexity index is 393. The highest BCUT2D eigenvalue weighted by atomic mass is 79.9. The van der Waals surface area contributed by atoms with Gasteiger partial charge in [-0.1, -0.05) is 13.8 Å². The van der Waals surface area contributed by atoms with Gasteiger partial charge in [-0.15, -0.1) is 11.3 Å². The van der Waals surface area contributed by atoms with Crippen molar-refractivity contribution < 1.29 is 0 Å². The van der Waals surface area contributed by atoms with Crippen molar-refractivity contribution in [1.82, 2.24) is 10.2 Å². The summed E-state index contributed by atoms with van der Waals surface area (Å²) in [5.74, 6) is 0. The van der Waals surface area contributed by atoms with Gasteiger partial charge in [-0.3, -0.25) is 4.90 Å². The summed E-state index contributed by atoms with van der Waals surface area (Å²) < 4.78 is 1.21. The zero-order valence-corrected chi connectivity index (χ0v) is 13.9. The number of nitrogens with one attached hydrogen (secondary N) is 1. The molecule has 0 bridgehead atoms. The molecule has 1 saturated heterocycles. The highest BCUT2D eigenvalue weighted by Crippen LogP contribution is 2.28. The van der Waals surface area contributed by atoms with Crippen LogP contribution in [0.3, 0.4) is 0 Å². The fraction of sp³-hybridized carbons (Fsp3) is 0.714. The van der Waals surface area contributed by atoms with E-state index in [2.05, 4.69) is 58.4 Å². The Balaban J connectivity index is 2.10.